The second-order valence-electron chi connectivity index (χ2n) is 10.6. The number of fused-ring (bicyclic) bond motifs is 1. The van der Waals surface area contributed by atoms with Crippen LogP contribution in [0.3, 0.4) is 0 Å². The Morgan fingerprint density at radius 1 is 1.27 bits per heavy atom. The number of nitrogens with one attached hydrogen (secondary N) is 3. The number of hydrogen-bond acceptors (Lipinski definition) is 5. The largest absolute Gasteiger partial charge is 0.598 e. The SMILES string of the molecule is N=C(/C(=C\[OH2+])C(=O)N[C@H](c1cn2ncc(CN3C[C@@H](C(F)(F)F)NC3=O)cc2n1)C1CCC(F)(F)CC1)C1CC1. The van der Waals surface area contributed by atoms with Crippen LogP contribution in [0.15, 0.2) is 30.3 Å². The highest BCUT2D eigenvalue weighted by atomic mass is 19.4. The minimum absolute atomic E-state index is 0.0708. The van der Waals surface area contributed by atoms with Crippen molar-refractivity contribution in [3.63, 3.8) is 0 Å². The molecule has 40 heavy (non-hydrogen) atoms. The Morgan fingerprint density at radius 2 is 1.98 bits per heavy atom. The van der Waals surface area contributed by atoms with E-state index in [1.807, 2.05) is 5.32 Å². The van der Waals surface area contributed by atoms with Crippen LogP contribution in [0, 0.1) is 17.2 Å². The van der Waals surface area contributed by atoms with Crippen molar-refractivity contribution in [2.45, 2.75) is 69.3 Å². The first kappa shape index (κ1) is 27.8. The lowest BCUT2D eigenvalue weighted by molar-refractivity contribution is -0.149. The van der Waals surface area contributed by atoms with Gasteiger partial charge in [-0.2, -0.15) is 18.3 Å². The number of carbonyl (C=O) groups excluding carboxylic acids is 2. The fraction of sp³-hybridized carbons (Fsp3) is 0.560. The predicted octanol–water partition coefficient (Wildman–Crippen LogP) is 3.21. The number of rotatable bonds is 8. The number of amides is 3. The van der Waals surface area contributed by atoms with E-state index in [-0.39, 0.29) is 55.3 Å². The van der Waals surface area contributed by atoms with Gasteiger partial charge in [0.25, 0.3) is 5.91 Å². The van der Waals surface area contributed by atoms with Gasteiger partial charge in [-0.3, -0.25) is 4.79 Å². The van der Waals surface area contributed by atoms with Crippen LogP contribution >= 0.6 is 0 Å². The standard InChI is InChI=1S/C25H28F5N7O3/c26-24(27)5-3-15(4-6-24)21(35-22(39)16(12-38)20(31)14-1-2-14)17-10-37-19(33-17)7-13(8-32-37)9-36-11-18(25(28,29)30)34-23(36)40/h7-8,10,12,14-15,18,21,31,38H,1-6,9,11H2,(H,34,40)(H,35,39)/p+1/b16-12+,31-20?/t18-,21-/m0/s1. The van der Waals surface area contributed by atoms with Gasteiger partial charge < -0.3 is 26.0 Å². The minimum Gasteiger partial charge on any atom is -0.598 e. The van der Waals surface area contributed by atoms with Gasteiger partial charge in [0.15, 0.2) is 5.65 Å². The number of imidazole rings is 1. The zero-order valence-electron chi connectivity index (χ0n) is 21.3. The summed E-state index contributed by atoms with van der Waals surface area (Å²) in [5.74, 6) is -3.91. The molecule has 15 heteroatoms. The Hall–Kier alpha value is -3.78. The molecule has 5 rings (SSSR count). The molecule has 2 aromatic rings. The highest BCUT2D eigenvalue weighted by molar-refractivity contribution is 6.21. The van der Waals surface area contributed by atoms with E-state index in [1.165, 1.54) is 16.9 Å². The van der Waals surface area contributed by atoms with Gasteiger partial charge >= 0.3 is 12.2 Å². The molecule has 3 aliphatic rings. The van der Waals surface area contributed by atoms with Crippen molar-refractivity contribution in [1.82, 2.24) is 30.1 Å². The van der Waals surface area contributed by atoms with Crippen LogP contribution in [0.1, 0.15) is 55.8 Å². The molecule has 0 unspecified atom stereocenters. The fourth-order valence-corrected chi connectivity index (χ4v) is 5.21. The Morgan fingerprint density at radius 3 is 2.58 bits per heavy atom. The summed E-state index contributed by atoms with van der Waals surface area (Å²) in [7, 11) is 0. The summed E-state index contributed by atoms with van der Waals surface area (Å²) in [6.45, 7) is -0.682. The maximum absolute atomic E-state index is 13.9. The van der Waals surface area contributed by atoms with Crippen molar-refractivity contribution in [3.8, 4) is 0 Å². The first-order valence-electron chi connectivity index (χ1n) is 13.0. The van der Waals surface area contributed by atoms with E-state index in [4.69, 9.17) is 10.5 Å². The number of nitrogens with zero attached hydrogens (tertiary/aromatic N) is 4. The number of alkyl halides is 5. The Kier molecular flexibility index (Phi) is 7.17. The monoisotopic (exact) mass is 570 g/mol. The Bertz CT molecular complexity index is 1340. The predicted molar refractivity (Wildman–Crippen MR) is 132 cm³/mol. The second-order valence-corrected chi connectivity index (χ2v) is 10.6. The summed E-state index contributed by atoms with van der Waals surface area (Å²) in [4.78, 5) is 30.7. The molecule has 2 saturated carbocycles. The molecule has 3 amide bonds. The third-order valence-corrected chi connectivity index (χ3v) is 7.65. The Balaban J connectivity index is 1.38. The zero-order valence-corrected chi connectivity index (χ0v) is 21.3. The summed E-state index contributed by atoms with van der Waals surface area (Å²) in [6, 6.07) is -2.06. The van der Waals surface area contributed by atoms with Gasteiger partial charge in [0, 0.05) is 25.3 Å². The normalized spacial score (nSPS) is 22.8. The van der Waals surface area contributed by atoms with Crippen molar-refractivity contribution < 1.29 is 36.6 Å². The van der Waals surface area contributed by atoms with E-state index >= 15 is 0 Å². The molecule has 5 N–H and O–H groups in total. The molecule has 0 radical (unpaired) electrons. The van der Waals surface area contributed by atoms with Crippen LogP contribution < -0.4 is 10.6 Å². The van der Waals surface area contributed by atoms with Crippen LogP contribution in [0.2, 0.25) is 0 Å². The number of aromatic nitrogens is 3. The smallest absolute Gasteiger partial charge is 0.410 e. The van der Waals surface area contributed by atoms with Gasteiger partial charge in [0.1, 0.15) is 11.6 Å². The first-order valence-corrected chi connectivity index (χ1v) is 13.0. The quantitative estimate of drug-likeness (QED) is 0.148. The van der Waals surface area contributed by atoms with Gasteiger partial charge in [-0.05, 0) is 43.2 Å². The van der Waals surface area contributed by atoms with E-state index in [0.29, 0.717) is 16.9 Å². The van der Waals surface area contributed by atoms with Gasteiger partial charge in [0.05, 0.1) is 36.4 Å². The molecular formula is C25H29F5N7O3+. The van der Waals surface area contributed by atoms with Crippen LogP contribution in [-0.4, -0.2) is 66.9 Å². The van der Waals surface area contributed by atoms with Crippen molar-refractivity contribution in [1.29, 1.82) is 5.41 Å². The molecule has 1 saturated heterocycles. The van der Waals surface area contributed by atoms with Crippen molar-refractivity contribution in [2.24, 2.45) is 11.8 Å². The van der Waals surface area contributed by atoms with Gasteiger partial charge in [-0.25, -0.2) is 23.1 Å². The zero-order chi connectivity index (χ0) is 28.8. The van der Waals surface area contributed by atoms with E-state index in [9.17, 15) is 31.5 Å². The van der Waals surface area contributed by atoms with Gasteiger partial charge in [-0.1, -0.05) is 0 Å². The summed E-state index contributed by atoms with van der Waals surface area (Å²) in [5.41, 5.74) is 1.05. The molecule has 3 heterocycles. The van der Waals surface area contributed by atoms with E-state index in [2.05, 4.69) is 15.4 Å². The lowest BCUT2D eigenvalue weighted by Crippen LogP contribution is -2.40. The third kappa shape index (κ3) is 5.87. The molecule has 3 fully saturated rings. The minimum atomic E-state index is -4.57. The van der Waals surface area contributed by atoms with Crippen LogP contribution in [0.25, 0.3) is 5.65 Å². The van der Waals surface area contributed by atoms with Crippen molar-refractivity contribution >= 4 is 23.3 Å². The highest BCUT2D eigenvalue weighted by Crippen LogP contribution is 2.41. The number of urea groups is 1. The molecule has 216 valence electrons. The second kappa shape index (κ2) is 10.3. The Labute approximate surface area is 225 Å². The van der Waals surface area contributed by atoms with Gasteiger partial charge in [-0.15, -0.1) is 0 Å². The maximum Gasteiger partial charge on any atom is 0.410 e. The lowest BCUT2D eigenvalue weighted by Gasteiger charge is -2.33. The summed E-state index contributed by atoms with van der Waals surface area (Å²) < 4.78 is 68.3. The van der Waals surface area contributed by atoms with Crippen LogP contribution in [0.5, 0.6) is 0 Å². The summed E-state index contributed by atoms with van der Waals surface area (Å²) in [6.07, 6.45) is 0.252. The average Bonchev–Trinajstić information content (AvgIpc) is 3.55. The molecular weight excluding hydrogens is 541 g/mol. The molecule has 0 spiro atoms. The molecule has 2 aliphatic carbocycles. The number of carbonyl (C=O) groups is 2. The first-order chi connectivity index (χ1) is 18.8. The van der Waals surface area contributed by atoms with Crippen LogP contribution in [0.4, 0.5) is 26.7 Å². The average molecular weight is 571 g/mol. The van der Waals surface area contributed by atoms with Crippen LogP contribution in [-0.2, 0) is 11.3 Å². The fourth-order valence-electron chi connectivity index (χ4n) is 5.21. The van der Waals surface area contributed by atoms with Gasteiger partial charge in [0.2, 0.25) is 12.2 Å². The summed E-state index contributed by atoms with van der Waals surface area (Å²) in [5, 5.41) is 24.9. The maximum atomic E-state index is 13.9. The molecule has 1 aliphatic heterocycles. The van der Waals surface area contributed by atoms with E-state index < -0.39 is 42.7 Å². The van der Waals surface area contributed by atoms with Crippen molar-refractivity contribution in [3.05, 3.63) is 41.6 Å². The van der Waals surface area contributed by atoms with Crippen molar-refractivity contribution in [2.75, 3.05) is 6.54 Å². The lowest BCUT2D eigenvalue weighted by atomic mass is 9.81. The molecule has 10 nitrogen and oxygen atoms in total. The molecule has 0 aromatic carbocycles. The number of halogens is 5. The molecule has 2 atom stereocenters. The topological polar surface area (TPSA) is 138 Å². The van der Waals surface area contributed by atoms with E-state index in [1.54, 1.807) is 6.07 Å². The highest BCUT2D eigenvalue weighted by Gasteiger charge is 2.47. The molecule has 2 aromatic heterocycles. The summed E-state index contributed by atoms with van der Waals surface area (Å²) >= 11 is 0. The number of hydrogen-bond donors (Lipinski definition) is 3. The third-order valence-electron chi connectivity index (χ3n) is 7.65. The molecule has 0 bridgehead atoms. The van der Waals surface area contributed by atoms with E-state index in [0.717, 1.165) is 24.0 Å².